The molecular formula is C27H34N4O4S2. The maximum Gasteiger partial charge on any atom is 0.407 e. The van der Waals surface area contributed by atoms with Gasteiger partial charge in [0.15, 0.2) is 15.7 Å². The SMILES string of the molecule is Cc1cc(Nc2ccc(-c3ccc(C4CCC(NC(=O)OC(C)C)CC4)s3)c(S(=O)(=O)C3CC3)c2)n[nH]1. The number of anilines is 2. The highest BCUT2D eigenvalue weighted by Crippen LogP contribution is 2.44. The van der Waals surface area contributed by atoms with E-state index in [2.05, 4.69) is 33.0 Å². The number of carbonyl (C=O) groups is 1. The summed E-state index contributed by atoms with van der Waals surface area (Å²) in [5, 5.41) is 13.0. The van der Waals surface area contributed by atoms with E-state index >= 15 is 0 Å². The second-order valence-electron chi connectivity index (χ2n) is 10.4. The van der Waals surface area contributed by atoms with Crippen LogP contribution in [0.2, 0.25) is 0 Å². The summed E-state index contributed by atoms with van der Waals surface area (Å²) < 4.78 is 32.0. The zero-order valence-corrected chi connectivity index (χ0v) is 23.0. The molecule has 37 heavy (non-hydrogen) atoms. The number of H-pyrrole nitrogens is 1. The molecule has 2 aliphatic rings. The van der Waals surface area contributed by atoms with Gasteiger partial charge in [-0.2, -0.15) is 5.10 Å². The van der Waals surface area contributed by atoms with E-state index in [0.29, 0.717) is 22.3 Å². The number of amides is 1. The number of sulfone groups is 1. The van der Waals surface area contributed by atoms with Crippen molar-refractivity contribution >= 4 is 38.8 Å². The standard InChI is InChI=1S/C27H34N4O4S2/c1-16(2)35-27(32)29-19-6-4-18(5-7-19)23-12-13-24(36-23)22-11-8-20(28-26-14-17(3)30-31-26)15-25(22)37(33,34)21-9-10-21/h8,11-16,18-19,21H,4-7,9-10H2,1-3H3,(H,29,32)(H2,28,30,31). The van der Waals surface area contributed by atoms with Gasteiger partial charge in [-0.05, 0) is 89.5 Å². The first-order chi connectivity index (χ1) is 17.7. The summed E-state index contributed by atoms with van der Waals surface area (Å²) in [6, 6.07) is 11.8. The molecule has 3 N–H and O–H groups in total. The van der Waals surface area contributed by atoms with E-state index in [9.17, 15) is 13.2 Å². The van der Waals surface area contributed by atoms with Crippen LogP contribution in [0.3, 0.4) is 0 Å². The number of nitrogens with zero attached hydrogens (tertiary/aromatic N) is 1. The topological polar surface area (TPSA) is 113 Å². The molecule has 0 bridgehead atoms. The van der Waals surface area contributed by atoms with Crippen LogP contribution in [0, 0.1) is 6.92 Å². The highest BCUT2D eigenvalue weighted by molar-refractivity contribution is 7.92. The number of benzene rings is 1. The van der Waals surface area contributed by atoms with Crippen LogP contribution in [0.25, 0.3) is 10.4 Å². The smallest absolute Gasteiger partial charge is 0.407 e. The van der Waals surface area contributed by atoms with Gasteiger partial charge in [-0.1, -0.05) is 6.07 Å². The Kier molecular flexibility index (Phi) is 7.31. The van der Waals surface area contributed by atoms with Gasteiger partial charge in [0.1, 0.15) is 0 Å². The fourth-order valence-corrected chi connectivity index (χ4v) is 8.05. The minimum atomic E-state index is -3.41. The third kappa shape index (κ3) is 6.01. The molecule has 2 aliphatic carbocycles. The Morgan fingerprint density at radius 2 is 1.84 bits per heavy atom. The van der Waals surface area contributed by atoms with Crippen LogP contribution in [-0.4, -0.2) is 42.1 Å². The fraction of sp³-hybridized carbons (Fsp3) is 0.481. The third-order valence-corrected chi connectivity index (χ3v) is 10.5. The zero-order valence-electron chi connectivity index (χ0n) is 21.4. The molecule has 2 saturated carbocycles. The normalized spacial score (nSPS) is 20.1. The number of aromatic nitrogens is 2. The molecule has 198 valence electrons. The lowest BCUT2D eigenvalue weighted by atomic mass is 9.85. The zero-order chi connectivity index (χ0) is 26.2. The first-order valence-electron chi connectivity index (χ1n) is 12.9. The summed E-state index contributed by atoms with van der Waals surface area (Å²) in [6.45, 7) is 5.61. The summed E-state index contributed by atoms with van der Waals surface area (Å²) in [7, 11) is -3.41. The highest BCUT2D eigenvalue weighted by Gasteiger charge is 2.38. The maximum absolute atomic E-state index is 13.4. The van der Waals surface area contributed by atoms with Crippen LogP contribution < -0.4 is 10.6 Å². The van der Waals surface area contributed by atoms with Gasteiger partial charge in [0, 0.05) is 38.8 Å². The van der Waals surface area contributed by atoms with Crippen LogP contribution >= 0.6 is 11.3 Å². The first-order valence-corrected chi connectivity index (χ1v) is 15.3. The molecule has 0 spiro atoms. The van der Waals surface area contributed by atoms with Gasteiger partial charge >= 0.3 is 6.09 Å². The number of hydrogen-bond acceptors (Lipinski definition) is 7. The van der Waals surface area contributed by atoms with Crippen LogP contribution in [0.5, 0.6) is 0 Å². The Hall–Kier alpha value is -2.85. The highest BCUT2D eigenvalue weighted by atomic mass is 32.2. The van der Waals surface area contributed by atoms with E-state index in [1.165, 1.54) is 4.88 Å². The molecule has 5 rings (SSSR count). The van der Waals surface area contributed by atoms with Crippen LogP contribution in [-0.2, 0) is 14.6 Å². The van der Waals surface area contributed by atoms with E-state index < -0.39 is 9.84 Å². The van der Waals surface area contributed by atoms with Gasteiger partial charge in [-0.3, -0.25) is 5.10 Å². The van der Waals surface area contributed by atoms with Gasteiger partial charge in [-0.25, -0.2) is 13.2 Å². The Morgan fingerprint density at radius 3 is 2.49 bits per heavy atom. The van der Waals surface area contributed by atoms with E-state index in [1.54, 1.807) is 17.4 Å². The van der Waals surface area contributed by atoms with Crippen molar-refractivity contribution in [1.82, 2.24) is 15.5 Å². The second kappa shape index (κ2) is 10.5. The largest absolute Gasteiger partial charge is 0.447 e. The number of ether oxygens (including phenoxy) is 1. The average Bonchev–Trinajstić information content (AvgIpc) is 3.48. The number of nitrogens with one attached hydrogen (secondary N) is 3. The molecule has 3 aromatic rings. The Bertz CT molecular complexity index is 1370. The molecular weight excluding hydrogens is 508 g/mol. The quantitative estimate of drug-likeness (QED) is 0.308. The lowest BCUT2D eigenvalue weighted by Crippen LogP contribution is -2.38. The number of alkyl carbamates (subject to hydrolysis) is 1. The molecule has 2 heterocycles. The van der Waals surface area contributed by atoms with Gasteiger partial charge in [0.25, 0.3) is 0 Å². The average molecular weight is 543 g/mol. The van der Waals surface area contributed by atoms with Crippen molar-refractivity contribution in [3.05, 3.63) is 47.0 Å². The van der Waals surface area contributed by atoms with Crippen molar-refractivity contribution < 1.29 is 17.9 Å². The van der Waals surface area contributed by atoms with Gasteiger partial charge in [0.2, 0.25) is 0 Å². The minimum Gasteiger partial charge on any atom is -0.447 e. The van der Waals surface area contributed by atoms with E-state index in [4.69, 9.17) is 4.74 Å². The second-order valence-corrected chi connectivity index (χ2v) is 13.7. The van der Waals surface area contributed by atoms with Crippen LogP contribution in [0.1, 0.15) is 68.9 Å². The number of hydrogen-bond donors (Lipinski definition) is 3. The molecule has 0 radical (unpaired) electrons. The van der Waals surface area contributed by atoms with Crippen LogP contribution in [0.4, 0.5) is 16.3 Å². The van der Waals surface area contributed by atoms with E-state index in [-0.39, 0.29) is 23.5 Å². The van der Waals surface area contributed by atoms with Crippen LogP contribution in [0.15, 0.2) is 41.3 Å². The lowest BCUT2D eigenvalue weighted by molar-refractivity contribution is 0.109. The first kappa shape index (κ1) is 25.8. The van der Waals surface area contributed by atoms with E-state index in [1.807, 2.05) is 39.0 Å². The van der Waals surface area contributed by atoms with E-state index in [0.717, 1.165) is 54.7 Å². The number of rotatable bonds is 8. The Morgan fingerprint density at radius 1 is 1.08 bits per heavy atom. The predicted octanol–water partition coefficient (Wildman–Crippen LogP) is 6.29. The predicted molar refractivity (Wildman–Crippen MR) is 146 cm³/mol. The number of aryl methyl sites for hydroxylation is 1. The summed E-state index contributed by atoms with van der Waals surface area (Å²) in [5.41, 5.74) is 2.39. The van der Waals surface area contributed by atoms with Crippen molar-refractivity contribution in [2.45, 2.75) is 87.5 Å². The molecule has 2 aromatic heterocycles. The molecule has 8 nitrogen and oxygen atoms in total. The van der Waals surface area contributed by atoms with Crippen molar-refractivity contribution in [3.63, 3.8) is 0 Å². The molecule has 0 saturated heterocycles. The van der Waals surface area contributed by atoms with Crippen molar-refractivity contribution in [1.29, 1.82) is 0 Å². The summed E-state index contributed by atoms with van der Waals surface area (Å²) in [4.78, 5) is 14.6. The summed E-state index contributed by atoms with van der Waals surface area (Å²) in [5.74, 6) is 1.06. The van der Waals surface area contributed by atoms with Gasteiger partial charge < -0.3 is 15.4 Å². The monoisotopic (exact) mass is 542 g/mol. The number of aromatic amines is 1. The molecule has 1 amide bonds. The fourth-order valence-electron chi connectivity index (χ4n) is 4.88. The molecule has 0 unspecified atom stereocenters. The third-order valence-electron chi connectivity index (χ3n) is 6.92. The Labute approximate surface area is 222 Å². The molecule has 0 aliphatic heterocycles. The minimum absolute atomic E-state index is 0.131. The maximum atomic E-state index is 13.4. The molecule has 2 fully saturated rings. The van der Waals surface area contributed by atoms with Crippen molar-refractivity contribution in [2.75, 3.05) is 5.32 Å². The summed E-state index contributed by atoms with van der Waals surface area (Å²) >= 11 is 1.68. The van der Waals surface area contributed by atoms with Gasteiger partial charge in [0.05, 0.1) is 16.2 Å². The molecule has 1 aromatic carbocycles. The summed E-state index contributed by atoms with van der Waals surface area (Å²) in [6.07, 6.45) is 4.72. The van der Waals surface area contributed by atoms with Crippen molar-refractivity contribution in [3.8, 4) is 10.4 Å². The van der Waals surface area contributed by atoms with Crippen molar-refractivity contribution in [2.24, 2.45) is 0 Å². The Balaban J connectivity index is 1.33. The van der Waals surface area contributed by atoms with Gasteiger partial charge in [-0.15, -0.1) is 11.3 Å². The number of thiophene rings is 1. The lowest BCUT2D eigenvalue weighted by Gasteiger charge is -2.28. The molecule has 10 heteroatoms. The number of carbonyl (C=O) groups excluding carboxylic acids is 1. The molecule has 0 atom stereocenters.